The highest BCUT2D eigenvalue weighted by atomic mass is 32.2. The molecule has 0 aliphatic carbocycles. The van der Waals surface area contributed by atoms with Gasteiger partial charge in [-0.15, -0.1) is 0 Å². The van der Waals surface area contributed by atoms with Crippen LogP contribution < -0.4 is 4.31 Å². The molecule has 4 nitrogen and oxygen atoms in total. The van der Waals surface area contributed by atoms with Gasteiger partial charge >= 0.3 is 0 Å². The molecule has 0 heterocycles. The maximum Gasteiger partial charge on any atom is 0.264 e. The Morgan fingerprint density at radius 3 is 2.35 bits per heavy atom. The van der Waals surface area contributed by atoms with Crippen molar-refractivity contribution >= 4 is 15.7 Å². The maximum absolute atomic E-state index is 13.2. The fourth-order valence-electron chi connectivity index (χ4n) is 2.36. The fraction of sp³-hybridized carbons (Fsp3) is 0.333. The predicted octanol–water partition coefficient (Wildman–Crippen LogP) is 3.27. The molecule has 124 valence electrons. The van der Waals surface area contributed by atoms with E-state index in [1.807, 2.05) is 32.0 Å². The van der Waals surface area contributed by atoms with Crippen LogP contribution in [0.3, 0.4) is 0 Å². The lowest BCUT2D eigenvalue weighted by atomic mass is 10.2. The second-order valence-electron chi connectivity index (χ2n) is 5.70. The molecule has 2 aromatic rings. The molecule has 5 heteroatoms. The smallest absolute Gasteiger partial charge is 0.264 e. The van der Waals surface area contributed by atoms with Gasteiger partial charge < -0.3 is 5.11 Å². The Balaban J connectivity index is 2.55. The molecular weight excluding hydrogens is 310 g/mol. The summed E-state index contributed by atoms with van der Waals surface area (Å²) in [5, 5.41) is 10.0. The number of sulfonamides is 1. The molecule has 2 aromatic carbocycles. The summed E-state index contributed by atoms with van der Waals surface area (Å²) in [7, 11) is -3.74. The number of aliphatic hydroxyl groups excluding tert-OH is 1. The lowest BCUT2D eigenvalue weighted by molar-refractivity contribution is 0.179. The highest BCUT2D eigenvalue weighted by Crippen LogP contribution is 2.26. The summed E-state index contributed by atoms with van der Waals surface area (Å²) >= 11 is 0. The van der Waals surface area contributed by atoms with E-state index in [4.69, 9.17) is 0 Å². The third-order valence-electron chi connectivity index (χ3n) is 3.80. The van der Waals surface area contributed by atoms with E-state index in [1.54, 1.807) is 37.3 Å². The van der Waals surface area contributed by atoms with E-state index in [0.717, 1.165) is 5.56 Å². The highest BCUT2D eigenvalue weighted by Gasteiger charge is 2.28. The van der Waals surface area contributed by atoms with Crippen molar-refractivity contribution in [3.05, 3.63) is 59.7 Å². The Morgan fingerprint density at radius 1 is 1.09 bits per heavy atom. The van der Waals surface area contributed by atoms with Crippen LogP contribution in [0.15, 0.2) is 53.4 Å². The standard InChI is InChI=1S/C18H23NO3S/c1-4-17(20)13-19(16-8-6-5-7-9-16)23(21,22)18-12-14(2)10-11-15(18)3/h5-12,17,20H,4,13H2,1-3H3. The van der Waals surface area contributed by atoms with Gasteiger partial charge in [-0.25, -0.2) is 8.42 Å². The van der Waals surface area contributed by atoms with Crippen LogP contribution in [-0.2, 0) is 10.0 Å². The van der Waals surface area contributed by atoms with E-state index in [9.17, 15) is 13.5 Å². The van der Waals surface area contributed by atoms with E-state index >= 15 is 0 Å². The highest BCUT2D eigenvalue weighted by molar-refractivity contribution is 7.92. The summed E-state index contributed by atoms with van der Waals surface area (Å²) in [6.07, 6.45) is -0.221. The number of para-hydroxylation sites is 1. The molecule has 0 saturated heterocycles. The zero-order valence-corrected chi connectivity index (χ0v) is 14.5. The molecule has 0 aromatic heterocycles. The van der Waals surface area contributed by atoms with Crippen molar-refractivity contribution in [3.8, 4) is 0 Å². The van der Waals surface area contributed by atoms with Gasteiger partial charge in [0.2, 0.25) is 0 Å². The van der Waals surface area contributed by atoms with Crippen LogP contribution >= 0.6 is 0 Å². The minimum Gasteiger partial charge on any atom is -0.391 e. The van der Waals surface area contributed by atoms with Crippen molar-refractivity contribution in [2.75, 3.05) is 10.8 Å². The maximum atomic E-state index is 13.2. The van der Waals surface area contributed by atoms with Crippen molar-refractivity contribution < 1.29 is 13.5 Å². The Hall–Kier alpha value is -1.85. The molecule has 0 bridgehead atoms. The monoisotopic (exact) mass is 333 g/mol. The Labute approximate surface area is 138 Å². The number of nitrogens with zero attached hydrogens (tertiary/aromatic N) is 1. The van der Waals surface area contributed by atoms with Gasteiger partial charge in [-0.05, 0) is 49.6 Å². The van der Waals surface area contributed by atoms with Gasteiger partial charge in [-0.2, -0.15) is 0 Å². The molecule has 2 rings (SSSR count). The van der Waals surface area contributed by atoms with Crippen molar-refractivity contribution in [2.45, 2.75) is 38.2 Å². The summed E-state index contributed by atoms with van der Waals surface area (Å²) in [6.45, 7) is 5.52. The summed E-state index contributed by atoms with van der Waals surface area (Å²) in [6, 6.07) is 14.3. The first-order valence-corrected chi connectivity index (χ1v) is 9.13. The summed E-state index contributed by atoms with van der Waals surface area (Å²) < 4.78 is 27.6. The molecule has 0 spiro atoms. The third kappa shape index (κ3) is 3.92. The lowest BCUT2D eigenvalue weighted by Gasteiger charge is -2.27. The Kier molecular flexibility index (Phi) is 5.44. The van der Waals surface area contributed by atoms with Crippen LogP contribution in [0.2, 0.25) is 0 Å². The summed E-state index contributed by atoms with van der Waals surface area (Å²) in [5.41, 5.74) is 2.14. The van der Waals surface area contributed by atoms with E-state index in [2.05, 4.69) is 0 Å². The number of anilines is 1. The molecule has 0 saturated carbocycles. The van der Waals surface area contributed by atoms with Crippen molar-refractivity contribution in [1.82, 2.24) is 0 Å². The van der Waals surface area contributed by atoms with Crippen LogP contribution in [0.5, 0.6) is 0 Å². The van der Waals surface area contributed by atoms with Gasteiger partial charge in [-0.3, -0.25) is 4.31 Å². The van der Waals surface area contributed by atoms with Crippen molar-refractivity contribution in [3.63, 3.8) is 0 Å². The molecule has 0 aliphatic heterocycles. The van der Waals surface area contributed by atoms with Crippen molar-refractivity contribution in [2.24, 2.45) is 0 Å². The zero-order chi connectivity index (χ0) is 17.0. The SMILES string of the molecule is CCC(O)CN(c1ccccc1)S(=O)(=O)c1cc(C)ccc1C. The summed E-state index contributed by atoms with van der Waals surface area (Å²) in [5.74, 6) is 0. The van der Waals surface area contributed by atoms with E-state index < -0.39 is 16.1 Å². The molecule has 23 heavy (non-hydrogen) atoms. The average Bonchev–Trinajstić information content (AvgIpc) is 2.55. The normalized spacial score (nSPS) is 12.9. The second kappa shape index (κ2) is 7.15. The largest absolute Gasteiger partial charge is 0.391 e. The first kappa shape index (κ1) is 17.5. The number of hydrogen-bond donors (Lipinski definition) is 1. The Bertz CT molecular complexity index is 757. The van der Waals surface area contributed by atoms with Gasteiger partial charge in [0.25, 0.3) is 10.0 Å². The molecular formula is C18H23NO3S. The molecule has 1 unspecified atom stereocenters. The lowest BCUT2D eigenvalue weighted by Crippen LogP contribution is -2.37. The minimum atomic E-state index is -3.74. The van der Waals surface area contributed by atoms with Gasteiger partial charge in [0.1, 0.15) is 0 Å². The number of hydrogen-bond acceptors (Lipinski definition) is 3. The first-order chi connectivity index (χ1) is 10.9. The first-order valence-electron chi connectivity index (χ1n) is 7.69. The van der Waals surface area contributed by atoms with Gasteiger partial charge in [-0.1, -0.05) is 37.3 Å². The number of rotatable bonds is 6. The quantitative estimate of drug-likeness (QED) is 0.882. The third-order valence-corrected chi connectivity index (χ3v) is 5.74. The topological polar surface area (TPSA) is 57.6 Å². The average molecular weight is 333 g/mol. The van der Waals surface area contributed by atoms with Gasteiger partial charge in [0.05, 0.1) is 23.2 Å². The summed E-state index contributed by atoms with van der Waals surface area (Å²) in [4.78, 5) is 0.282. The second-order valence-corrected chi connectivity index (χ2v) is 7.53. The van der Waals surface area contributed by atoms with Crippen LogP contribution in [0.1, 0.15) is 24.5 Å². The number of aliphatic hydroxyl groups is 1. The van der Waals surface area contributed by atoms with Gasteiger partial charge in [0.15, 0.2) is 0 Å². The van der Waals surface area contributed by atoms with E-state index in [-0.39, 0.29) is 11.4 Å². The van der Waals surface area contributed by atoms with Crippen LogP contribution in [0.4, 0.5) is 5.69 Å². The predicted molar refractivity (Wildman–Crippen MR) is 93.2 cm³/mol. The molecule has 1 atom stereocenters. The molecule has 0 radical (unpaired) electrons. The van der Waals surface area contributed by atoms with E-state index in [1.165, 1.54) is 4.31 Å². The Morgan fingerprint density at radius 2 is 1.74 bits per heavy atom. The molecule has 1 N–H and O–H groups in total. The number of benzene rings is 2. The van der Waals surface area contributed by atoms with Crippen LogP contribution in [-0.4, -0.2) is 26.2 Å². The van der Waals surface area contributed by atoms with Crippen LogP contribution in [0.25, 0.3) is 0 Å². The van der Waals surface area contributed by atoms with Gasteiger partial charge in [0, 0.05) is 0 Å². The van der Waals surface area contributed by atoms with Crippen LogP contribution in [0, 0.1) is 13.8 Å². The van der Waals surface area contributed by atoms with E-state index in [0.29, 0.717) is 17.7 Å². The number of aryl methyl sites for hydroxylation is 2. The molecule has 0 fully saturated rings. The molecule has 0 aliphatic rings. The zero-order valence-electron chi connectivity index (χ0n) is 13.7. The minimum absolute atomic E-state index is 0.0379. The molecule has 0 amide bonds. The fourth-order valence-corrected chi connectivity index (χ4v) is 4.18. The van der Waals surface area contributed by atoms with Crippen molar-refractivity contribution in [1.29, 1.82) is 0 Å².